The number of aromatic nitrogens is 4. The van der Waals surface area contributed by atoms with Crippen molar-refractivity contribution in [2.45, 2.75) is 19.3 Å². The third-order valence-corrected chi connectivity index (χ3v) is 4.54. The Kier molecular flexibility index (Phi) is 4.61. The quantitative estimate of drug-likeness (QED) is 0.587. The first-order valence-corrected chi connectivity index (χ1v) is 8.88. The lowest BCUT2D eigenvalue weighted by atomic mass is 9.95. The molecule has 0 aliphatic heterocycles. The molecular weight excluding hydrogens is 338 g/mol. The number of fused-ring (bicyclic) bond motifs is 1. The van der Waals surface area contributed by atoms with Gasteiger partial charge in [0.1, 0.15) is 6.33 Å². The Balaban J connectivity index is 1.51. The molecule has 0 bridgehead atoms. The molecule has 4 rings (SSSR count). The van der Waals surface area contributed by atoms with Crippen LogP contribution in [0.1, 0.15) is 24.8 Å². The van der Waals surface area contributed by atoms with Crippen LogP contribution >= 0.6 is 0 Å². The topological polar surface area (TPSA) is 72.2 Å². The molecule has 0 unspecified atom stereocenters. The zero-order valence-corrected chi connectivity index (χ0v) is 14.9. The molecule has 134 valence electrons. The van der Waals surface area contributed by atoms with Gasteiger partial charge in [-0.25, -0.2) is 0 Å². The molecule has 6 heteroatoms. The lowest BCUT2D eigenvalue weighted by Gasteiger charge is -2.15. The van der Waals surface area contributed by atoms with E-state index in [1.807, 2.05) is 73.7 Å². The molecule has 0 saturated heterocycles. The number of nitrogens with zero attached hydrogens (tertiary/aromatic N) is 4. The molecule has 0 spiro atoms. The third kappa shape index (κ3) is 3.55. The summed E-state index contributed by atoms with van der Waals surface area (Å²) in [5.41, 5.74) is 4.27. The highest BCUT2D eigenvalue weighted by atomic mass is 16.1. The van der Waals surface area contributed by atoms with Crippen molar-refractivity contribution >= 4 is 17.2 Å². The summed E-state index contributed by atoms with van der Waals surface area (Å²) in [6, 6.07) is 21.3. The van der Waals surface area contributed by atoms with Crippen molar-refractivity contribution in [1.82, 2.24) is 19.8 Å². The van der Waals surface area contributed by atoms with Crippen LogP contribution in [0.2, 0.25) is 0 Å². The van der Waals surface area contributed by atoms with Crippen LogP contribution in [0.25, 0.3) is 16.9 Å². The van der Waals surface area contributed by atoms with E-state index in [4.69, 9.17) is 0 Å². The fourth-order valence-corrected chi connectivity index (χ4v) is 3.09. The Bertz CT molecular complexity index is 1060. The maximum absolute atomic E-state index is 12.7. The van der Waals surface area contributed by atoms with Gasteiger partial charge in [-0.15, -0.1) is 10.2 Å². The molecule has 0 aliphatic rings. The van der Waals surface area contributed by atoms with Gasteiger partial charge in [0.05, 0.1) is 11.6 Å². The van der Waals surface area contributed by atoms with Crippen LogP contribution < -0.4 is 5.32 Å². The summed E-state index contributed by atoms with van der Waals surface area (Å²) < 4.78 is 1.64. The number of benzene rings is 2. The summed E-state index contributed by atoms with van der Waals surface area (Å²) in [4.78, 5) is 12.7. The number of amides is 1. The van der Waals surface area contributed by atoms with E-state index < -0.39 is 0 Å². The molecule has 2 heterocycles. The SMILES string of the molecule is CC[C@@H](C(=O)Nc1ccc(-c2ccc3nncn3n2)cc1)c1ccccc1. The van der Waals surface area contributed by atoms with E-state index in [2.05, 4.69) is 20.6 Å². The molecule has 2 aromatic carbocycles. The van der Waals surface area contributed by atoms with Crippen molar-refractivity contribution in [3.8, 4) is 11.3 Å². The molecule has 1 amide bonds. The van der Waals surface area contributed by atoms with Gasteiger partial charge in [-0.2, -0.15) is 9.61 Å². The molecule has 27 heavy (non-hydrogen) atoms. The third-order valence-electron chi connectivity index (χ3n) is 4.54. The number of hydrogen-bond donors (Lipinski definition) is 1. The maximum atomic E-state index is 12.7. The minimum atomic E-state index is -0.163. The number of hydrogen-bond acceptors (Lipinski definition) is 4. The second-order valence-corrected chi connectivity index (χ2v) is 6.29. The van der Waals surface area contributed by atoms with Crippen molar-refractivity contribution in [2.75, 3.05) is 5.32 Å². The molecule has 0 saturated carbocycles. The Morgan fingerprint density at radius 1 is 1.04 bits per heavy atom. The summed E-state index contributed by atoms with van der Waals surface area (Å²) >= 11 is 0. The Morgan fingerprint density at radius 2 is 1.81 bits per heavy atom. The number of anilines is 1. The fourth-order valence-electron chi connectivity index (χ4n) is 3.09. The van der Waals surface area contributed by atoms with E-state index in [0.717, 1.165) is 28.9 Å². The van der Waals surface area contributed by atoms with Crippen LogP contribution in [0.4, 0.5) is 5.69 Å². The molecular formula is C21H19N5O. The molecule has 1 N–H and O–H groups in total. The van der Waals surface area contributed by atoms with E-state index in [1.165, 1.54) is 0 Å². The van der Waals surface area contributed by atoms with Crippen molar-refractivity contribution < 1.29 is 4.79 Å². The second-order valence-electron chi connectivity index (χ2n) is 6.29. The van der Waals surface area contributed by atoms with Crippen molar-refractivity contribution in [1.29, 1.82) is 0 Å². The monoisotopic (exact) mass is 357 g/mol. The molecule has 2 aromatic heterocycles. The lowest BCUT2D eigenvalue weighted by molar-refractivity contribution is -0.117. The van der Waals surface area contributed by atoms with E-state index in [1.54, 1.807) is 10.8 Å². The van der Waals surface area contributed by atoms with Crippen LogP contribution in [-0.2, 0) is 4.79 Å². The van der Waals surface area contributed by atoms with E-state index in [9.17, 15) is 4.79 Å². The number of carbonyl (C=O) groups excluding carboxylic acids is 1. The average molecular weight is 357 g/mol. The predicted octanol–water partition coefficient (Wildman–Crippen LogP) is 3.92. The first-order valence-electron chi connectivity index (χ1n) is 8.88. The first kappa shape index (κ1) is 16.9. The maximum Gasteiger partial charge on any atom is 0.231 e. The minimum absolute atomic E-state index is 0.000449. The van der Waals surface area contributed by atoms with Crippen LogP contribution in [-0.4, -0.2) is 25.7 Å². The van der Waals surface area contributed by atoms with E-state index in [-0.39, 0.29) is 11.8 Å². The standard InChI is InChI=1S/C21H19N5O/c1-2-18(15-6-4-3-5-7-15)21(27)23-17-10-8-16(9-11-17)19-12-13-20-24-22-14-26(20)25-19/h3-14,18H,2H2,1H3,(H,23,27)/t18-/m1/s1. The Hall–Kier alpha value is -3.54. The minimum Gasteiger partial charge on any atom is -0.326 e. The highest BCUT2D eigenvalue weighted by molar-refractivity contribution is 5.96. The average Bonchev–Trinajstić information content (AvgIpc) is 3.18. The molecule has 0 radical (unpaired) electrons. The summed E-state index contributed by atoms with van der Waals surface area (Å²) in [6.45, 7) is 2.02. The van der Waals surface area contributed by atoms with E-state index >= 15 is 0 Å². The van der Waals surface area contributed by atoms with Crippen LogP contribution in [0.15, 0.2) is 73.1 Å². The van der Waals surface area contributed by atoms with Crippen molar-refractivity contribution in [2.24, 2.45) is 0 Å². The largest absolute Gasteiger partial charge is 0.326 e. The molecule has 4 aromatic rings. The van der Waals surface area contributed by atoms with Crippen LogP contribution in [0, 0.1) is 0 Å². The van der Waals surface area contributed by atoms with Gasteiger partial charge in [-0.1, -0.05) is 49.4 Å². The van der Waals surface area contributed by atoms with Crippen molar-refractivity contribution in [3.63, 3.8) is 0 Å². The van der Waals surface area contributed by atoms with Gasteiger partial charge in [0, 0.05) is 11.3 Å². The summed E-state index contributed by atoms with van der Waals surface area (Å²) in [5, 5.41) is 15.3. The smallest absolute Gasteiger partial charge is 0.231 e. The van der Waals surface area contributed by atoms with Gasteiger partial charge < -0.3 is 5.32 Å². The predicted molar refractivity (Wildman–Crippen MR) is 104 cm³/mol. The first-order chi connectivity index (χ1) is 13.2. The van der Waals surface area contributed by atoms with Gasteiger partial charge in [0.25, 0.3) is 0 Å². The van der Waals surface area contributed by atoms with Gasteiger partial charge in [-0.05, 0) is 36.2 Å². The fraction of sp³-hybridized carbons (Fsp3) is 0.143. The highest BCUT2D eigenvalue weighted by Crippen LogP contribution is 2.23. The summed E-state index contributed by atoms with van der Waals surface area (Å²) in [6.07, 6.45) is 2.32. The molecule has 0 fully saturated rings. The summed E-state index contributed by atoms with van der Waals surface area (Å²) in [7, 11) is 0. The van der Waals surface area contributed by atoms with Crippen LogP contribution in [0.5, 0.6) is 0 Å². The van der Waals surface area contributed by atoms with E-state index in [0.29, 0.717) is 5.65 Å². The number of carbonyl (C=O) groups is 1. The highest BCUT2D eigenvalue weighted by Gasteiger charge is 2.18. The number of rotatable bonds is 5. The second kappa shape index (κ2) is 7.37. The number of nitrogens with one attached hydrogen (secondary N) is 1. The van der Waals surface area contributed by atoms with Gasteiger partial charge in [0.2, 0.25) is 5.91 Å². The van der Waals surface area contributed by atoms with Crippen molar-refractivity contribution in [3.05, 3.63) is 78.6 Å². The summed E-state index contributed by atoms with van der Waals surface area (Å²) in [5.74, 6) is -0.163. The van der Waals surface area contributed by atoms with Gasteiger partial charge >= 0.3 is 0 Å². The van der Waals surface area contributed by atoms with Crippen LogP contribution in [0.3, 0.4) is 0 Å². The molecule has 0 aliphatic carbocycles. The zero-order chi connectivity index (χ0) is 18.6. The van der Waals surface area contributed by atoms with Gasteiger partial charge in [0.15, 0.2) is 5.65 Å². The Morgan fingerprint density at radius 3 is 2.56 bits per heavy atom. The molecule has 6 nitrogen and oxygen atoms in total. The lowest BCUT2D eigenvalue weighted by Crippen LogP contribution is -2.20. The van der Waals surface area contributed by atoms with Gasteiger partial charge in [-0.3, -0.25) is 4.79 Å². The zero-order valence-electron chi connectivity index (χ0n) is 14.9. The molecule has 1 atom stereocenters. The Labute approximate surface area is 156 Å². The normalized spacial score (nSPS) is 12.0.